The van der Waals surface area contributed by atoms with Gasteiger partial charge < -0.3 is 10.6 Å². The minimum atomic E-state index is -0.0229. The Bertz CT molecular complexity index is 337. The SMILES string of the molecule is CNCC(C)C(=O)Nc1ccc(SC)cc1. The van der Waals surface area contributed by atoms with Crippen LogP contribution < -0.4 is 10.6 Å². The van der Waals surface area contributed by atoms with Crippen molar-refractivity contribution in [3.8, 4) is 0 Å². The van der Waals surface area contributed by atoms with Crippen LogP contribution in [0.2, 0.25) is 0 Å². The number of anilines is 1. The fraction of sp³-hybridized carbons (Fsp3) is 0.417. The van der Waals surface area contributed by atoms with Crippen LogP contribution in [0.3, 0.4) is 0 Å². The molecule has 2 N–H and O–H groups in total. The molecule has 0 radical (unpaired) electrons. The van der Waals surface area contributed by atoms with Gasteiger partial charge in [0.15, 0.2) is 0 Å². The predicted molar refractivity (Wildman–Crippen MR) is 69.9 cm³/mol. The lowest BCUT2D eigenvalue weighted by atomic mass is 10.1. The molecule has 0 aliphatic rings. The molecule has 88 valence electrons. The van der Waals surface area contributed by atoms with E-state index in [4.69, 9.17) is 0 Å². The molecule has 1 aromatic carbocycles. The number of rotatable bonds is 5. The van der Waals surface area contributed by atoms with Crippen LogP contribution in [0.1, 0.15) is 6.92 Å². The monoisotopic (exact) mass is 238 g/mol. The van der Waals surface area contributed by atoms with Gasteiger partial charge in [0.2, 0.25) is 5.91 Å². The van der Waals surface area contributed by atoms with Crippen LogP contribution in [0, 0.1) is 5.92 Å². The van der Waals surface area contributed by atoms with Crippen molar-refractivity contribution in [2.24, 2.45) is 5.92 Å². The van der Waals surface area contributed by atoms with E-state index in [0.29, 0.717) is 6.54 Å². The molecule has 0 aliphatic heterocycles. The van der Waals surface area contributed by atoms with Gasteiger partial charge in [-0.25, -0.2) is 0 Å². The van der Waals surface area contributed by atoms with Crippen molar-refractivity contribution in [3.63, 3.8) is 0 Å². The van der Waals surface area contributed by atoms with E-state index in [9.17, 15) is 4.79 Å². The van der Waals surface area contributed by atoms with Gasteiger partial charge in [0.05, 0.1) is 0 Å². The van der Waals surface area contributed by atoms with Crippen LogP contribution in [-0.2, 0) is 4.79 Å². The van der Waals surface area contributed by atoms with Crippen molar-refractivity contribution in [2.45, 2.75) is 11.8 Å². The summed E-state index contributed by atoms with van der Waals surface area (Å²) in [6.45, 7) is 2.59. The summed E-state index contributed by atoms with van der Waals surface area (Å²) >= 11 is 1.69. The molecule has 4 heteroatoms. The summed E-state index contributed by atoms with van der Waals surface area (Å²) in [4.78, 5) is 12.9. The van der Waals surface area contributed by atoms with Crippen LogP contribution in [0.15, 0.2) is 29.2 Å². The maximum absolute atomic E-state index is 11.7. The van der Waals surface area contributed by atoms with E-state index >= 15 is 0 Å². The van der Waals surface area contributed by atoms with Crippen LogP contribution in [0.25, 0.3) is 0 Å². The maximum atomic E-state index is 11.7. The fourth-order valence-corrected chi connectivity index (χ4v) is 1.75. The van der Waals surface area contributed by atoms with Crippen molar-refractivity contribution < 1.29 is 4.79 Å². The minimum Gasteiger partial charge on any atom is -0.326 e. The molecule has 1 rings (SSSR count). The van der Waals surface area contributed by atoms with E-state index < -0.39 is 0 Å². The first-order chi connectivity index (χ1) is 7.67. The smallest absolute Gasteiger partial charge is 0.228 e. The minimum absolute atomic E-state index is 0.0229. The number of nitrogens with one attached hydrogen (secondary N) is 2. The maximum Gasteiger partial charge on any atom is 0.228 e. The molecule has 0 aliphatic carbocycles. The third kappa shape index (κ3) is 3.87. The summed E-state index contributed by atoms with van der Waals surface area (Å²) in [6.07, 6.45) is 2.03. The third-order valence-electron chi connectivity index (χ3n) is 2.32. The molecular weight excluding hydrogens is 220 g/mol. The number of thioether (sulfide) groups is 1. The highest BCUT2D eigenvalue weighted by Crippen LogP contribution is 2.17. The average molecular weight is 238 g/mol. The third-order valence-corrected chi connectivity index (χ3v) is 3.06. The highest BCUT2D eigenvalue weighted by atomic mass is 32.2. The number of carbonyl (C=O) groups excluding carboxylic acids is 1. The van der Waals surface area contributed by atoms with Crippen LogP contribution in [0.4, 0.5) is 5.69 Å². The molecule has 0 saturated carbocycles. The number of hydrogen-bond donors (Lipinski definition) is 2. The van der Waals surface area contributed by atoms with Gasteiger partial charge in [-0.05, 0) is 37.6 Å². The second-order valence-electron chi connectivity index (χ2n) is 3.68. The van der Waals surface area contributed by atoms with Gasteiger partial charge in [0, 0.05) is 23.0 Å². The van der Waals surface area contributed by atoms with Crippen molar-refractivity contribution in [1.29, 1.82) is 0 Å². The zero-order valence-electron chi connectivity index (χ0n) is 9.91. The van der Waals surface area contributed by atoms with E-state index in [1.807, 2.05) is 44.5 Å². The Labute approximate surface area is 101 Å². The molecule has 0 heterocycles. The summed E-state index contributed by atoms with van der Waals surface area (Å²) in [6, 6.07) is 7.86. The van der Waals surface area contributed by atoms with Crippen LogP contribution in [-0.4, -0.2) is 25.8 Å². The Balaban J connectivity index is 2.55. The molecule has 3 nitrogen and oxygen atoms in total. The predicted octanol–water partition coefficient (Wildman–Crippen LogP) is 2.20. The van der Waals surface area contributed by atoms with Gasteiger partial charge in [0.25, 0.3) is 0 Å². The fourth-order valence-electron chi connectivity index (χ4n) is 1.34. The molecular formula is C12H18N2OS. The molecule has 1 unspecified atom stereocenters. The van der Waals surface area contributed by atoms with Crippen molar-refractivity contribution in [3.05, 3.63) is 24.3 Å². The van der Waals surface area contributed by atoms with E-state index in [-0.39, 0.29) is 11.8 Å². The van der Waals surface area contributed by atoms with Gasteiger partial charge in [-0.15, -0.1) is 11.8 Å². The first kappa shape index (κ1) is 13.1. The molecule has 16 heavy (non-hydrogen) atoms. The molecule has 1 atom stereocenters. The summed E-state index contributed by atoms with van der Waals surface area (Å²) in [5.74, 6) is 0.0245. The van der Waals surface area contributed by atoms with Gasteiger partial charge in [0.1, 0.15) is 0 Å². The van der Waals surface area contributed by atoms with Crippen molar-refractivity contribution >= 4 is 23.4 Å². The summed E-state index contributed by atoms with van der Waals surface area (Å²) in [5, 5.41) is 5.88. The van der Waals surface area contributed by atoms with E-state index in [0.717, 1.165) is 5.69 Å². The molecule has 0 aromatic heterocycles. The second-order valence-corrected chi connectivity index (χ2v) is 4.56. The first-order valence-corrected chi connectivity index (χ1v) is 6.49. The second kappa shape index (κ2) is 6.55. The normalized spacial score (nSPS) is 12.2. The molecule has 0 saturated heterocycles. The molecule has 0 fully saturated rings. The molecule has 1 aromatic rings. The zero-order chi connectivity index (χ0) is 12.0. The summed E-state index contributed by atoms with van der Waals surface area (Å²) in [5.41, 5.74) is 0.853. The lowest BCUT2D eigenvalue weighted by Gasteiger charge is -2.11. The zero-order valence-corrected chi connectivity index (χ0v) is 10.7. The Hall–Kier alpha value is -1.00. The topological polar surface area (TPSA) is 41.1 Å². The quantitative estimate of drug-likeness (QED) is 0.773. The Morgan fingerprint density at radius 3 is 2.50 bits per heavy atom. The van der Waals surface area contributed by atoms with Crippen LogP contribution in [0.5, 0.6) is 0 Å². The first-order valence-electron chi connectivity index (χ1n) is 5.27. The number of amides is 1. The summed E-state index contributed by atoms with van der Waals surface area (Å²) in [7, 11) is 1.84. The standard InChI is InChI=1S/C12H18N2OS/c1-9(8-13-2)12(15)14-10-4-6-11(16-3)7-5-10/h4-7,9,13H,8H2,1-3H3,(H,14,15). The number of benzene rings is 1. The highest BCUT2D eigenvalue weighted by molar-refractivity contribution is 7.98. The Kier molecular flexibility index (Phi) is 5.35. The van der Waals surface area contributed by atoms with E-state index in [1.54, 1.807) is 11.8 Å². The van der Waals surface area contributed by atoms with Crippen molar-refractivity contribution in [1.82, 2.24) is 5.32 Å². The summed E-state index contributed by atoms with van der Waals surface area (Å²) < 4.78 is 0. The lowest BCUT2D eigenvalue weighted by Crippen LogP contribution is -2.28. The van der Waals surface area contributed by atoms with Gasteiger partial charge >= 0.3 is 0 Å². The van der Waals surface area contributed by atoms with Crippen LogP contribution >= 0.6 is 11.8 Å². The van der Waals surface area contributed by atoms with E-state index in [2.05, 4.69) is 10.6 Å². The van der Waals surface area contributed by atoms with Gasteiger partial charge in [-0.2, -0.15) is 0 Å². The molecule has 1 amide bonds. The lowest BCUT2D eigenvalue weighted by molar-refractivity contribution is -0.119. The number of carbonyl (C=O) groups is 1. The van der Waals surface area contributed by atoms with E-state index in [1.165, 1.54) is 4.90 Å². The van der Waals surface area contributed by atoms with Gasteiger partial charge in [-0.1, -0.05) is 6.92 Å². The molecule has 0 bridgehead atoms. The highest BCUT2D eigenvalue weighted by Gasteiger charge is 2.11. The van der Waals surface area contributed by atoms with Gasteiger partial charge in [-0.3, -0.25) is 4.79 Å². The largest absolute Gasteiger partial charge is 0.326 e. The number of hydrogen-bond acceptors (Lipinski definition) is 3. The Morgan fingerprint density at radius 2 is 2.00 bits per heavy atom. The van der Waals surface area contributed by atoms with Crippen molar-refractivity contribution in [2.75, 3.05) is 25.2 Å². The molecule has 0 spiro atoms. The average Bonchev–Trinajstić information content (AvgIpc) is 2.30. The Morgan fingerprint density at radius 1 is 1.38 bits per heavy atom.